The number of hydrogen-bond acceptors (Lipinski definition) is 3. The van der Waals surface area contributed by atoms with Crippen molar-refractivity contribution in [2.24, 2.45) is 12.0 Å². The van der Waals surface area contributed by atoms with Crippen LogP contribution in [0.1, 0.15) is 27.7 Å². The second-order valence-electron chi connectivity index (χ2n) is 5.81. The van der Waals surface area contributed by atoms with Crippen LogP contribution in [-0.2, 0) is 7.05 Å². The molecule has 7 heteroatoms. The van der Waals surface area contributed by atoms with Gasteiger partial charge in [0.2, 0.25) is 4.80 Å². The first kappa shape index (κ1) is 18.0. The predicted octanol–water partition coefficient (Wildman–Crippen LogP) is 3.91. The van der Waals surface area contributed by atoms with Gasteiger partial charge in [-0.2, -0.15) is 4.99 Å². The quantitative estimate of drug-likeness (QED) is 0.770. The van der Waals surface area contributed by atoms with E-state index in [0.29, 0.717) is 22.0 Å². The molecule has 0 bridgehead atoms. The molecule has 0 radical (unpaired) electrons. The number of rotatable bonds is 3. The Balaban J connectivity index is 2.58. The average molecular weight is 367 g/mol. The van der Waals surface area contributed by atoms with Crippen molar-refractivity contribution >= 4 is 41.1 Å². The van der Waals surface area contributed by atoms with Crippen LogP contribution in [0.15, 0.2) is 35.3 Å². The summed E-state index contributed by atoms with van der Waals surface area (Å²) in [7, 11) is 1.94. The van der Waals surface area contributed by atoms with Crippen LogP contribution in [0.2, 0.25) is 0 Å². The lowest BCUT2D eigenvalue weighted by Crippen LogP contribution is -2.41. The minimum atomic E-state index is 0.299. The fraction of sp³-hybridized carbons (Fsp3) is 0.438. The van der Waals surface area contributed by atoms with E-state index < -0.39 is 0 Å². The number of para-hydroxylation sites is 1. The van der Waals surface area contributed by atoms with Crippen LogP contribution in [0.4, 0.5) is 0 Å². The standard InChI is InChI=1S/C16H22N4S3/c1-11(2)19(12(3)4)14(21)17-15-20(16(22)18(5)23-15)13-9-7-6-8-10-13/h6-12H,1-5H3/b17-15-. The lowest BCUT2D eigenvalue weighted by molar-refractivity contribution is 0.294. The summed E-state index contributed by atoms with van der Waals surface area (Å²) >= 11 is 12.6. The van der Waals surface area contributed by atoms with Crippen LogP contribution in [0.5, 0.6) is 0 Å². The Morgan fingerprint density at radius 1 is 1.13 bits per heavy atom. The maximum atomic E-state index is 5.58. The lowest BCUT2D eigenvalue weighted by Gasteiger charge is -2.30. The van der Waals surface area contributed by atoms with E-state index in [1.807, 2.05) is 45.9 Å². The Bertz CT molecular complexity index is 789. The van der Waals surface area contributed by atoms with E-state index in [0.717, 1.165) is 10.5 Å². The highest BCUT2D eigenvalue weighted by Gasteiger charge is 2.17. The van der Waals surface area contributed by atoms with Crippen LogP contribution in [-0.4, -0.2) is 30.6 Å². The van der Waals surface area contributed by atoms with Gasteiger partial charge in [0.05, 0.1) is 5.69 Å². The van der Waals surface area contributed by atoms with Crippen LogP contribution < -0.4 is 4.80 Å². The first-order valence-corrected chi connectivity index (χ1v) is 9.13. The summed E-state index contributed by atoms with van der Waals surface area (Å²) in [5.41, 5.74) is 0.997. The summed E-state index contributed by atoms with van der Waals surface area (Å²) in [6.45, 7) is 8.50. The number of nitrogens with zero attached hydrogens (tertiary/aromatic N) is 4. The fourth-order valence-electron chi connectivity index (χ4n) is 2.47. The fourth-order valence-corrected chi connectivity index (χ4v) is 4.20. The predicted molar refractivity (Wildman–Crippen MR) is 104 cm³/mol. The van der Waals surface area contributed by atoms with Gasteiger partial charge < -0.3 is 4.90 Å². The highest BCUT2D eigenvalue weighted by Crippen LogP contribution is 2.10. The van der Waals surface area contributed by atoms with E-state index in [2.05, 4.69) is 32.6 Å². The highest BCUT2D eigenvalue weighted by atomic mass is 32.1. The Kier molecular flexibility index (Phi) is 5.89. The third-order valence-electron chi connectivity index (χ3n) is 3.41. The summed E-state index contributed by atoms with van der Waals surface area (Å²) in [6, 6.07) is 10.6. The maximum Gasteiger partial charge on any atom is 0.215 e. The van der Waals surface area contributed by atoms with Crippen LogP contribution >= 0.6 is 36.0 Å². The first-order chi connectivity index (χ1) is 10.8. The number of aromatic nitrogens is 2. The van der Waals surface area contributed by atoms with Crippen molar-refractivity contribution in [2.75, 3.05) is 0 Å². The molecule has 0 atom stereocenters. The molecule has 0 aliphatic carbocycles. The van der Waals surface area contributed by atoms with Crippen molar-refractivity contribution in [1.29, 1.82) is 0 Å². The average Bonchev–Trinajstić information content (AvgIpc) is 2.73. The summed E-state index contributed by atoms with van der Waals surface area (Å²) in [4.78, 5) is 7.64. The second kappa shape index (κ2) is 7.51. The van der Waals surface area contributed by atoms with Gasteiger partial charge in [0, 0.05) is 19.1 Å². The molecule has 4 nitrogen and oxygen atoms in total. The number of thiocarbonyl (C=S) groups is 1. The SMILES string of the molecule is CC(C)N(C(=S)/N=c1\sn(C)c(=S)n1-c1ccccc1)C(C)C. The van der Waals surface area contributed by atoms with Crippen molar-refractivity contribution < 1.29 is 0 Å². The van der Waals surface area contributed by atoms with Crippen LogP contribution in [0.25, 0.3) is 5.69 Å². The third kappa shape index (κ3) is 3.97. The largest absolute Gasteiger partial charge is 0.343 e. The van der Waals surface area contributed by atoms with Crippen molar-refractivity contribution in [3.8, 4) is 5.69 Å². The molecule has 0 spiro atoms. The minimum absolute atomic E-state index is 0.299. The molecule has 1 aromatic carbocycles. The zero-order valence-corrected chi connectivity index (χ0v) is 16.5. The molecule has 0 amide bonds. The van der Waals surface area contributed by atoms with E-state index in [1.54, 1.807) is 0 Å². The smallest absolute Gasteiger partial charge is 0.215 e. The molecule has 0 N–H and O–H groups in total. The van der Waals surface area contributed by atoms with Gasteiger partial charge in [-0.3, -0.25) is 8.52 Å². The molecule has 2 aromatic rings. The van der Waals surface area contributed by atoms with Gasteiger partial charge in [-0.15, -0.1) is 0 Å². The molecule has 0 aliphatic heterocycles. The highest BCUT2D eigenvalue weighted by molar-refractivity contribution is 7.80. The molecule has 0 aliphatic rings. The van der Waals surface area contributed by atoms with E-state index in [9.17, 15) is 0 Å². The van der Waals surface area contributed by atoms with Gasteiger partial charge in [0.15, 0.2) is 9.88 Å². The van der Waals surface area contributed by atoms with Crippen LogP contribution in [0.3, 0.4) is 0 Å². The minimum Gasteiger partial charge on any atom is -0.343 e. The molecule has 124 valence electrons. The molecule has 1 heterocycles. The number of aryl methyl sites for hydroxylation is 1. The van der Waals surface area contributed by atoms with Gasteiger partial charge in [0.25, 0.3) is 0 Å². The Morgan fingerprint density at radius 3 is 2.22 bits per heavy atom. The molecular formula is C16H22N4S3. The molecule has 0 unspecified atom stereocenters. The molecule has 0 saturated heterocycles. The van der Waals surface area contributed by atoms with Crippen molar-refractivity contribution in [2.45, 2.75) is 39.8 Å². The van der Waals surface area contributed by atoms with Gasteiger partial charge in [0.1, 0.15) is 0 Å². The van der Waals surface area contributed by atoms with E-state index in [4.69, 9.17) is 29.4 Å². The second-order valence-corrected chi connectivity index (χ2v) is 7.64. The van der Waals surface area contributed by atoms with E-state index in [1.165, 1.54) is 11.5 Å². The summed E-state index contributed by atoms with van der Waals surface area (Å²) < 4.78 is 4.60. The third-order valence-corrected chi connectivity index (χ3v) is 5.17. The Morgan fingerprint density at radius 2 is 1.70 bits per heavy atom. The Hall–Kier alpha value is -1.31. The molecule has 2 rings (SSSR count). The molecule has 0 saturated carbocycles. The Labute approximate surface area is 151 Å². The van der Waals surface area contributed by atoms with E-state index in [-0.39, 0.29) is 0 Å². The molecule has 23 heavy (non-hydrogen) atoms. The zero-order chi connectivity index (χ0) is 17.1. The monoisotopic (exact) mass is 366 g/mol. The zero-order valence-electron chi connectivity index (χ0n) is 14.1. The van der Waals surface area contributed by atoms with Crippen molar-refractivity contribution in [3.05, 3.63) is 39.9 Å². The maximum absolute atomic E-state index is 5.58. The normalized spacial score (nSPS) is 12.2. The number of benzene rings is 1. The summed E-state index contributed by atoms with van der Waals surface area (Å²) in [5.74, 6) is 0. The van der Waals surface area contributed by atoms with Crippen molar-refractivity contribution in [1.82, 2.24) is 13.4 Å². The summed E-state index contributed by atoms with van der Waals surface area (Å²) in [5, 5.41) is 0.594. The van der Waals surface area contributed by atoms with E-state index >= 15 is 0 Å². The summed E-state index contributed by atoms with van der Waals surface area (Å²) in [6.07, 6.45) is 0. The van der Waals surface area contributed by atoms with Crippen molar-refractivity contribution in [3.63, 3.8) is 0 Å². The number of hydrogen-bond donors (Lipinski definition) is 0. The first-order valence-electron chi connectivity index (χ1n) is 7.54. The molecule has 0 fully saturated rings. The van der Waals surface area contributed by atoms with Crippen LogP contribution in [0, 0.1) is 4.77 Å². The van der Waals surface area contributed by atoms with Gasteiger partial charge in [-0.25, -0.2) is 0 Å². The lowest BCUT2D eigenvalue weighted by atomic mass is 10.2. The topological polar surface area (TPSA) is 25.5 Å². The van der Waals surface area contributed by atoms with Gasteiger partial charge >= 0.3 is 0 Å². The van der Waals surface area contributed by atoms with Gasteiger partial charge in [-0.1, -0.05) is 18.2 Å². The van der Waals surface area contributed by atoms with Gasteiger partial charge in [-0.05, 0) is 75.8 Å². The molecule has 1 aromatic heterocycles. The molecular weight excluding hydrogens is 344 g/mol.